The van der Waals surface area contributed by atoms with E-state index >= 15 is 0 Å². The first-order valence-electron chi connectivity index (χ1n) is 6.49. The van der Waals surface area contributed by atoms with Crippen molar-refractivity contribution >= 4 is 28.0 Å². The SMILES string of the molecule is O=C(On1nnc2ncccc21)c1cc2cc(F)cc(F)c2[nH]1. The molecular weight excluding hydrogens is 308 g/mol. The predicted octanol–water partition coefficient (Wildman–Crippen LogP) is 1.85. The number of benzene rings is 1. The predicted molar refractivity (Wildman–Crippen MR) is 74.4 cm³/mol. The van der Waals surface area contributed by atoms with Gasteiger partial charge in [0.05, 0.1) is 5.52 Å². The first-order chi connectivity index (χ1) is 11.1. The zero-order valence-corrected chi connectivity index (χ0v) is 11.3. The lowest BCUT2D eigenvalue weighted by Gasteiger charge is -2.00. The molecule has 7 nitrogen and oxygen atoms in total. The van der Waals surface area contributed by atoms with Crippen molar-refractivity contribution in [2.45, 2.75) is 0 Å². The van der Waals surface area contributed by atoms with E-state index < -0.39 is 17.6 Å². The average molecular weight is 315 g/mol. The molecule has 0 saturated heterocycles. The van der Waals surface area contributed by atoms with E-state index in [2.05, 4.69) is 20.3 Å². The van der Waals surface area contributed by atoms with Crippen molar-refractivity contribution in [3.8, 4) is 0 Å². The molecule has 4 rings (SSSR count). The molecule has 0 aliphatic rings. The van der Waals surface area contributed by atoms with Gasteiger partial charge in [0, 0.05) is 17.6 Å². The molecule has 0 spiro atoms. The maximum absolute atomic E-state index is 13.7. The van der Waals surface area contributed by atoms with Crippen molar-refractivity contribution in [2.75, 3.05) is 0 Å². The minimum Gasteiger partial charge on any atom is -0.347 e. The zero-order chi connectivity index (χ0) is 16.0. The van der Waals surface area contributed by atoms with E-state index in [9.17, 15) is 13.6 Å². The number of hydrogen-bond donors (Lipinski definition) is 1. The highest BCUT2D eigenvalue weighted by Crippen LogP contribution is 2.20. The first kappa shape index (κ1) is 13.3. The van der Waals surface area contributed by atoms with Gasteiger partial charge in [0.25, 0.3) is 0 Å². The second-order valence-corrected chi connectivity index (χ2v) is 4.72. The van der Waals surface area contributed by atoms with Gasteiger partial charge in [-0.2, -0.15) is 0 Å². The Hall–Kier alpha value is -3.36. The summed E-state index contributed by atoms with van der Waals surface area (Å²) in [5.74, 6) is -2.35. The molecule has 0 fully saturated rings. The molecule has 3 aromatic heterocycles. The van der Waals surface area contributed by atoms with Crippen molar-refractivity contribution in [3.63, 3.8) is 0 Å². The van der Waals surface area contributed by atoms with Crippen LogP contribution in [-0.4, -0.2) is 31.1 Å². The lowest BCUT2D eigenvalue weighted by atomic mass is 10.2. The Bertz CT molecular complexity index is 1060. The maximum Gasteiger partial charge on any atom is 0.381 e. The van der Waals surface area contributed by atoms with Gasteiger partial charge in [0.15, 0.2) is 5.52 Å². The van der Waals surface area contributed by atoms with Gasteiger partial charge >= 0.3 is 5.97 Å². The fourth-order valence-corrected chi connectivity index (χ4v) is 2.22. The Morgan fingerprint density at radius 2 is 2.13 bits per heavy atom. The number of carbonyl (C=O) groups is 1. The standard InChI is InChI=1S/C14H7F2N5O2/c15-8-4-7-5-10(18-12(7)9(16)6-8)14(22)23-21-11-2-1-3-17-13(11)19-20-21/h1-6,18H. The number of nitrogens with zero attached hydrogens (tertiary/aromatic N) is 4. The Balaban J connectivity index is 1.70. The summed E-state index contributed by atoms with van der Waals surface area (Å²) in [7, 11) is 0. The third kappa shape index (κ3) is 2.18. The Morgan fingerprint density at radius 1 is 1.26 bits per heavy atom. The van der Waals surface area contributed by atoms with E-state index in [1.807, 2.05) is 0 Å². The monoisotopic (exact) mass is 315 g/mol. The summed E-state index contributed by atoms with van der Waals surface area (Å²) in [6.07, 6.45) is 1.53. The number of aromatic nitrogens is 5. The van der Waals surface area contributed by atoms with Crippen LogP contribution in [0.25, 0.3) is 22.1 Å². The number of pyridine rings is 1. The summed E-state index contributed by atoms with van der Waals surface area (Å²) in [4.78, 5) is 24.6. The lowest BCUT2D eigenvalue weighted by Crippen LogP contribution is -2.21. The lowest BCUT2D eigenvalue weighted by molar-refractivity contribution is 0.0403. The van der Waals surface area contributed by atoms with Gasteiger partial charge < -0.3 is 9.82 Å². The van der Waals surface area contributed by atoms with Crippen molar-refractivity contribution in [2.24, 2.45) is 0 Å². The van der Waals surface area contributed by atoms with Crippen LogP contribution in [0.4, 0.5) is 8.78 Å². The van der Waals surface area contributed by atoms with E-state index in [1.54, 1.807) is 12.1 Å². The van der Waals surface area contributed by atoms with Crippen LogP contribution in [0.15, 0.2) is 36.5 Å². The number of carbonyl (C=O) groups excluding carboxylic acids is 1. The third-order valence-corrected chi connectivity index (χ3v) is 3.23. The number of hydrogen-bond acceptors (Lipinski definition) is 5. The van der Waals surface area contributed by atoms with Crippen LogP contribution >= 0.6 is 0 Å². The Kier molecular flexibility index (Phi) is 2.80. The molecule has 0 saturated carbocycles. The van der Waals surface area contributed by atoms with Gasteiger partial charge in [-0.1, -0.05) is 4.85 Å². The quantitative estimate of drug-likeness (QED) is 0.571. The van der Waals surface area contributed by atoms with Crippen LogP contribution in [-0.2, 0) is 0 Å². The summed E-state index contributed by atoms with van der Waals surface area (Å²) < 4.78 is 26.8. The molecule has 0 amide bonds. The minimum atomic E-state index is -0.823. The number of rotatable bonds is 2. The highest BCUT2D eigenvalue weighted by molar-refractivity contribution is 5.95. The van der Waals surface area contributed by atoms with E-state index in [4.69, 9.17) is 4.84 Å². The van der Waals surface area contributed by atoms with E-state index in [0.717, 1.165) is 17.0 Å². The highest BCUT2D eigenvalue weighted by atomic mass is 19.1. The van der Waals surface area contributed by atoms with Gasteiger partial charge in [-0.15, -0.1) is 5.10 Å². The molecular formula is C14H7F2N5O2. The number of fused-ring (bicyclic) bond motifs is 2. The van der Waals surface area contributed by atoms with Gasteiger partial charge in [0.2, 0.25) is 5.65 Å². The zero-order valence-electron chi connectivity index (χ0n) is 11.3. The van der Waals surface area contributed by atoms with Crippen molar-refractivity contribution < 1.29 is 18.4 Å². The van der Waals surface area contributed by atoms with Gasteiger partial charge in [-0.05, 0) is 29.5 Å². The van der Waals surface area contributed by atoms with Crippen LogP contribution < -0.4 is 4.84 Å². The Labute approximate surface area is 126 Å². The fourth-order valence-electron chi connectivity index (χ4n) is 2.22. The number of aromatic amines is 1. The molecule has 0 aliphatic heterocycles. The molecule has 23 heavy (non-hydrogen) atoms. The molecule has 0 bridgehead atoms. The van der Waals surface area contributed by atoms with Crippen molar-refractivity contribution in [1.82, 2.24) is 25.1 Å². The molecule has 1 aromatic carbocycles. The van der Waals surface area contributed by atoms with Gasteiger partial charge in [-0.3, -0.25) is 0 Å². The molecule has 114 valence electrons. The second-order valence-electron chi connectivity index (χ2n) is 4.72. The third-order valence-electron chi connectivity index (χ3n) is 3.23. The summed E-state index contributed by atoms with van der Waals surface area (Å²) >= 11 is 0. The van der Waals surface area contributed by atoms with E-state index in [0.29, 0.717) is 11.2 Å². The average Bonchev–Trinajstić information content (AvgIpc) is 3.12. The summed E-state index contributed by atoms with van der Waals surface area (Å²) in [5.41, 5.74) is 0.680. The molecule has 9 heteroatoms. The summed E-state index contributed by atoms with van der Waals surface area (Å²) in [6.45, 7) is 0. The first-order valence-corrected chi connectivity index (χ1v) is 6.49. The molecule has 0 atom stereocenters. The van der Waals surface area contributed by atoms with E-state index in [-0.39, 0.29) is 16.6 Å². The maximum atomic E-state index is 13.7. The van der Waals surface area contributed by atoms with Crippen LogP contribution in [0.5, 0.6) is 0 Å². The van der Waals surface area contributed by atoms with Gasteiger partial charge in [0.1, 0.15) is 17.3 Å². The molecule has 1 N–H and O–H groups in total. The molecule has 3 heterocycles. The second kappa shape index (κ2) is 4.83. The Morgan fingerprint density at radius 3 is 3.00 bits per heavy atom. The molecule has 0 radical (unpaired) electrons. The van der Waals surface area contributed by atoms with Crippen molar-refractivity contribution in [1.29, 1.82) is 0 Å². The number of H-pyrrole nitrogens is 1. The van der Waals surface area contributed by atoms with Crippen LogP contribution in [0.1, 0.15) is 10.5 Å². The van der Waals surface area contributed by atoms with Crippen LogP contribution in [0.3, 0.4) is 0 Å². The fraction of sp³-hybridized carbons (Fsp3) is 0. The van der Waals surface area contributed by atoms with Gasteiger partial charge in [-0.25, -0.2) is 18.6 Å². The van der Waals surface area contributed by atoms with Crippen molar-refractivity contribution in [3.05, 3.63) is 53.9 Å². The largest absolute Gasteiger partial charge is 0.381 e. The highest BCUT2D eigenvalue weighted by Gasteiger charge is 2.17. The van der Waals surface area contributed by atoms with E-state index in [1.165, 1.54) is 12.3 Å². The normalized spacial score (nSPS) is 11.2. The molecule has 4 aromatic rings. The number of halogens is 2. The summed E-state index contributed by atoms with van der Waals surface area (Å²) in [5, 5.41) is 7.62. The summed E-state index contributed by atoms with van der Waals surface area (Å²) in [6, 6.07) is 6.39. The van der Waals surface area contributed by atoms with Crippen LogP contribution in [0.2, 0.25) is 0 Å². The molecule has 0 unspecified atom stereocenters. The topological polar surface area (TPSA) is 85.7 Å². The molecule has 0 aliphatic carbocycles. The minimum absolute atomic E-state index is 0.0171. The number of nitrogens with one attached hydrogen (secondary N) is 1. The van der Waals surface area contributed by atoms with Crippen LogP contribution in [0, 0.1) is 11.6 Å². The smallest absolute Gasteiger partial charge is 0.347 e.